The summed E-state index contributed by atoms with van der Waals surface area (Å²) < 4.78 is 2.41. The second kappa shape index (κ2) is 11.7. The van der Waals surface area contributed by atoms with Crippen molar-refractivity contribution in [3.05, 3.63) is 42.2 Å². The number of nitrogens with zero attached hydrogens (tertiary/aromatic N) is 5. The van der Waals surface area contributed by atoms with Crippen molar-refractivity contribution in [3.8, 4) is 11.1 Å². The maximum absolute atomic E-state index is 9.75. The van der Waals surface area contributed by atoms with Crippen LogP contribution in [0.25, 0.3) is 22.2 Å². The molecule has 7 nitrogen and oxygen atoms in total. The number of aromatic nitrogens is 3. The highest BCUT2D eigenvalue weighted by Crippen LogP contribution is 2.36. The lowest BCUT2D eigenvalue weighted by Gasteiger charge is -2.32. The lowest BCUT2D eigenvalue weighted by Crippen LogP contribution is -2.43. The van der Waals surface area contributed by atoms with E-state index in [2.05, 4.69) is 69.1 Å². The molecule has 1 atom stereocenters. The molecule has 7 heteroatoms. The third kappa shape index (κ3) is 5.74. The predicted octanol–water partition coefficient (Wildman–Crippen LogP) is 4.92. The van der Waals surface area contributed by atoms with E-state index in [0.717, 1.165) is 56.6 Å². The van der Waals surface area contributed by atoms with E-state index in [1.54, 1.807) is 0 Å². The molecule has 0 spiro atoms. The van der Waals surface area contributed by atoms with E-state index < -0.39 is 0 Å². The minimum atomic E-state index is -0.0159. The van der Waals surface area contributed by atoms with Gasteiger partial charge in [-0.25, -0.2) is 4.98 Å². The molecule has 2 aromatic heterocycles. The zero-order valence-electron chi connectivity index (χ0n) is 22.0. The summed E-state index contributed by atoms with van der Waals surface area (Å²) in [5.41, 5.74) is 4.80. The quantitative estimate of drug-likeness (QED) is 0.444. The second-order valence-corrected chi connectivity index (χ2v) is 10.8. The summed E-state index contributed by atoms with van der Waals surface area (Å²) in [6.07, 6.45) is 12.5. The number of anilines is 1. The van der Waals surface area contributed by atoms with E-state index >= 15 is 0 Å². The average molecular weight is 491 g/mol. The highest BCUT2D eigenvalue weighted by Gasteiger charge is 2.22. The molecular formula is C29H42N6O. The first-order valence-electron chi connectivity index (χ1n) is 13.9. The highest BCUT2D eigenvalue weighted by molar-refractivity contribution is 5.94. The van der Waals surface area contributed by atoms with E-state index in [9.17, 15) is 5.11 Å². The monoisotopic (exact) mass is 490 g/mol. The van der Waals surface area contributed by atoms with E-state index in [4.69, 9.17) is 4.98 Å². The molecule has 194 valence electrons. The number of hydrogen-bond donors (Lipinski definition) is 2. The van der Waals surface area contributed by atoms with Gasteiger partial charge in [0.15, 0.2) is 0 Å². The fourth-order valence-corrected chi connectivity index (χ4v) is 5.76. The first-order chi connectivity index (χ1) is 17.6. The van der Waals surface area contributed by atoms with Crippen LogP contribution in [0.15, 0.2) is 36.7 Å². The molecule has 2 fully saturated rings. The number of benzene rings is 1. The van der Waals surface area contributed by atoms with Gasteiger partial charge in [-0.1, -0.05) is 56.9 Å². The summed E-state index contributed by atoms with van der Waals surface area (Å²) in [5.74, 6) is 0.610. The zero-order chi connectivity index (χ0) is 24.9. The lowest BCUT2D eigenvalue weighted by molar-refractivity contribution is 0.148. The van der Waals surface area contributed by atoms with Gasteiger partial charge in [0.1, 0.15) is 5.65 Å². The Morgan fingerprint density at radius 1 is 1.06 bits per heavy atom. The van der Waals surface area contributed by atoms with Gasteiger partial charge in [0.05, 0.1) is 12.6 Å². The molecule has 3 aromatic rings. The van der Waals surface area contributed by atoms with Gasteiger partial charge in [0.2, 0.25) is 5.95 Å². The third-order valence-electron chi connectivity index (χ3n) is 8.00. The summed E-state index contributed by atoms with van der Waals surface area (Å²) >= 11 is 0. The Morgan fingerprint density at radius 2 is 1.81 bits per heavy atom. The van der Waals surface area contributed by atoms with E-state index in [1.165, 1.54) is 48.8 Å². The van der Waals surface area contributed by atoms with Crippen molar-refractivity contribution < 1.29 is 5.11 Å². The van der Waals surface area contributed by atoms with Gasteiger partial charge in [-0.05, 0) is 37.4 Å². The molecule has 1 aliphatic carbocycles. The Kier molecular flexibility index (Phi) is 8.19. The number of nitrogens with one attached hydrogen (secondary N) is 1. The molecule has 1 aliphatic heterocycles. The molecule has 2 aliphatic rings. The minimum Gasteiger partial charge on any atom is -0.394 e. The smallest absolute Gasteiger partial charge is 0.224 e. The molecule has 1 aromatic carbocycles. The lowest BCUT2D eigenvalue weighted by atomic mass is 9.95. The summed E-state index contributed by atoms with van der Waals surface area (Å²) in [4.78, 5) is 14.6. The van der Waals surface area contributed by atoms with Gasteiger partial charge in [-0.3, -0.25) is 4.90 Å². The van der Waals surface area contributed by atoms with Crippen LogP contribution in [-0.2, 0) is 6.54 Å². The van der Waals surface area contributed by atoms with Gasteiger partial charge < -0.3 is 19.9 Å². The molecule has 1 saturated carbocycles. The normalized spacial score (nSPS) is 19.1. The fraction of sp³-hybridized carbons (Fsp3) is 0.586. The largest absolute Gasteiger partial charge is 0.394 e. The van der Waals surface area contributed by atoms with Crippen LogP contribution < -0.4 is 5.32 Å². The van der Waals surface area contributed by atoms with Crippen LogP contribution in [0.3, 0.4) is 0 Å². The second-order valence-electron chi connectivity index (χ2n) is 10.8. The topological polar surface area (TPSA) is 69.5 Å². The first kappa shape index (κ1) is 25.2. The molecule has 3 heterocycles. The maximum atomic E-state index is 9.75. The van der Waals surface area contributed by atoms with Crippen molar-refractivity contribution in [1.29, 1.82) is 0 Å². The van der Waals surface area contributed by atoms with Crippen LogP contribution in [0.1, 0.15) is 63.5 Å². The minimum absolute atomic E-state index is 0.0159. The van der Waals surface area contributed by atoms with Crippen molar-refractivity contribution in [2.75, 3.05) is 45.2 Å². The highest BCUT2D eigenvalue weighted by atomic mass is 16.3. The molecule has 0 bridgehead atoms. The molecule has 0 amide bonds. The zero-order valence-corrected chi connectivity index (χ0v) is 22.0. The summed E-state index contributed by atoms with van der Waals surface area (Å²) in [6, 6.07) is 9.56. The summed E-state index contributed by atoms with van der Waals surface area (Å²) in [7, 11) is 2.20. The standard InChI is InChI=1S/C29H42N6O/c1-3-7-24(21-36)31-29-30-18-26-27(20-35(28(26)32-29)25-8-5-4-6-9-25)23-12-10-22(11-13-23)19-34-16-14-33(2)15-17-34/h10-13,18,20,24-25,36H,3-9,14-17,19,21H2,1-2H3,(H,30,31,32). The predicted molar refractivity (Wildman–Crippen MR) is 147 cm³/mol. The van der Waals surface area contributed by atoms with Crippen molar-refractivity contribution in [2.24, 2.45) is 0 Å². The van der Waals surface area contributed by atoms with Crippen LogP contribution in [0.5, 0.6) is 0 Å². The van der Waals surface area contributed by atoms with Crippen LogP contribution >= 0.6 is 0 Å². The molecule has 1 saturated heterocycles. The van der Waals surface area contributed by atoms with E-state index in [-0.39, 0.29) is 12.6 Å². The number of hydrogen-bond acceptors (Lipinski definition) is 6. The van der Waals surface area contributed by atoms with Gasteiger partial charge in [-0.2, -0.15) is 4.98 Å². The van der Waals surface area contributed by atoms with Crippen molar-refractivity contribution in [2.45, 2.75) is 70.5 Å². The van der Waals surface area contributed by atoms with Crippen LogP contribution in [0.4, 0.5) is 5.95 Å². The van der Waals surface area contributed by atoms with Crippen LogP contribution in [-0.4, -0.2) is 75.3 Å². The number of likely N-dealkylation sites (N-methyl/N-ethyl adjacent to an activating group) is 1. The Bertz CT molecular complexity index is 1110. The van der Waals surface area contributed by atoms with Gasteiger partial charge in [0, 0.05) is 62.1 Å². The number of piperazine rings is 1. The summed E-state index contributed by atoms with van der Waals surface area (Å²) in [5, 5.41) is 14.2. The first-order valence-corrected chi connectivity index (χ1v) is 13.9. The maximum Gasteiger partial charge on any atom is 0.224 e. The van der Waals surface area contributed by atoms with Crippen molar-refractivity contribution in [1.82, 2.24) is 24.3 Å². The van der Waals surface area contributed by atoms with Gasteiger partial charge in [-0.15, -0.1) is 0 Å². The molecule has 36 heavy (non-hydrogen) atoms. The Hall–Kier alpha value is -2.48. The third-order valence-corrected chi connectivity index (χ3v) is 8.00. The molecular weight excluding hydrogens is 448 g/mol. The van der Waals surface area contributed by atoms with Crippen molar-refractivity contribution >= 4 is 17.0 Å². The Morgan fingerprint density at radius 3 is 2.50 bits per heavy atom. The molecule has 1 unspecified atom stereocenters. The van der Waals surface area contributed by atoms with Gasteiger partial charge >= 0.3 is 0 Å². The van der Waals surface area contributed by atoms with E-state index in [0.29, 0.717) is 12.0 Å². The van der Waals surface area contributed by atoms with Gasteiger partial charge in [0.25, 0.3) is 0 Å². The van der Waals surface area contributed by atoms with Crippen molar-refractivity contribution in [3.63, 3.8) is 0 Å². The fourth-order valence-electron chi connectivity index (χ4n) is 5.76. The van der Waals surface area contributed by atoms with Crippen LogP contribution in [0.2, 0.25) is 0 Å². The number of fused-ring (bicyclic) bond motifs is 1. The Balaban J connectivity index is 1.43. The molecule has 2 N–H and O–H groups in total. The number of aliphatic hydroxyl groups excluding tert-OH is 1. The number of aliphatic hydroxyl groups is 1. The molecule has 0 radical (unpaired) electrons. The average Bonchev–Trinajstić information content (AvgIpc) is 3.29. The van der Waals surface area contributed by atoms with E-state index in [1.807, 2.05) is 6.20 Å². The number of rotatable bonds is 9. The molecule has 5 rings (SSSR count). The summed E-state index contributed by atoms with van der Waals surface area (Å²) in [6.45, 7) is 7.79. The Labute approximate surface area is 215 Å². The van der Waals surface area contributed by atoms with Crippen LogP contribution in [0, 0.1) is 0 Å². The SMILES string of the molecule is CCCC(CO)Nc1ncc2c(-c3ccc(CN4CCN(C)CC4)cc3)cn(C3CCCCC3)c2n1.